The van der Waals surface area contributed by atoms with Crippen molar-refractivity contribution in [2.75, 3.05) is 11.1 Å². The maximum atomic E-state index is 12.2. The summed E-state index contributed by atoms with van der Waals surface area (Å²) in [5.74, 6) is 1.51. The zero-order valence-electron chi connectivity index (χ0n) is 12.1. The highest BCUT2D eigenvalue weighted by Crippen LogP contribution is 2.31. The average Bonchev–Trinajstić information content (AvgIpc) is 2.88. The zero-order valence-corrected chi connectivity index (χ0v) is 14.6. The minimum Gasteiger partial charge on any atom is -0.298 e. The molecule has 0 spiro atoms. The summed E-state index contributed by atoms with van der Waals surface area (Å²) < 4.78 is 22.1. The van der Waals surface area contributed by atoms with Crippen LogP contribution in [-0.4, -0.2) is 25.1 Å². The van der Waals surface area contributed by atoms with Crippen LogP contribution in [-0.2, 0) is 27.9 Å². The molecule has 1 aliphatic rings. The number of carbonyl (C=O) groups is 1. The van der Waals surface area contributed by atoms with Gasteiger partial charge in [0.25, 0.3) is 5.91 Å². The monoisotopic (exact) mass is 369 g/mol. The first-order valence-electron chi connectivity index (χ1n) is 6.88. The summed E-state index contributed by atoms with van der Waals surface area (Å²) in [7, 11) is -3.57. The van der Waals surface area contributed by atoms with Crippen LogP contribution in [0.25, 0.3) is 0 Å². The molecule has 6 nitrogen and oxygen atoms in total. The fraction of sp³-hybridized carbons (Fsp3) is 0.286. The second-order valence-electron chi connectivity index (χ2n) is 5.15. The van der Waals surface area contributed by atoms with Gasteiger partial charge in [0, 0.05) is 16.2 Å². The lowest BCUT2D eigenvalue weighted by Crippen LogP contribution is -2.15. The van der Waals surface area contributed by atoms with Gasteiger partial charge < -0.3 is 0 Å². The fourth-order valence-electron chi connectivity index (χ4n) is 2.23. The molecule has 0 radical (unpaired) electrons. The summed E-state index contributed by atoms with van der Waals surface area (Å²) in [6, 6.07) is 6.34. The first-order valence-corrected chi connectivity index (χ1v) is 10.6. The molecular weight excluding hydrogens is 354 g/mol. The van der Waals surface area contributed by atoms with Crippen molar-refractivity contribution in [2.24, 2.45) is 5.14 Å². The van der Waals surface area contributed by atoms with Crippen LogP contribution in [0.1, 0.15) is 26.5 Å². The number of nitrogens with two attached hydrogens (primary N) is 1. The Hall–Kier alpha value is -1.42. The lowest BCUT2D eigenvalue weighted by atomic mass is 10.1. The Labute approximate surface area is 142 Å². The first-order chi connectivity index (χ1) is 10.9. The van der Waals surface area contributed by atoms with Crippen LogP contribution in [0.4, 0.5) is 5.13 Å². The third-order valence-electron chi connectivity index (χ3n) is 3.30. The quantitative estimate of drug-likeness (QED) is 0.858. The van der Waals surface area contributed by atoms with Crippen molar-refractivity contribution in [3.63, 3.8) is 0 Å². The molecule has 2 aromatic rings. The molecule has 9 heteroatoms. The molecule has 0 saturated carbocycles. The maximum Gasteiger partial charge on any atom is 0.257 e. The molecule has 3 rings (SSSR count). The number of benzene rings is 1. The number of carbonyl (C=O) groups excluding carboxylic acids is 1. The molecule has 0 aliphatic carbocycles. The molecule has 1 aromatic heterocycles. The molecular formula is C14H15N3O3S3. The second-order valence-corrected chi connectivity index (χ2v) is 8.95. The molecule has 1 aliphatic heterocycles. The van der Waals surface area contributed by atoms with Gasteiger partial charge in [-0.15, -0.1) is 11.3 Å². The van der Waals surface area contributed by atoms with Crippen molar-refractivity contribution in [3.8, 4) is 0 Å². The van der Waals surface area contributed by atoms with E-state index < -0.39 is 10.0 Å². The predicted molar refractivity (Wildman–Crippen MR) is 93.2 cm³/mol. The normalized spacial score (nSPS) is 14.3. The van der Waals surface area contributed by atoms with Gasteiger partial charge in [0.2, 0.25) is 10.0 Å². The number of thioether (sulfide) groups is 1. The molecule has 1 amide bonds. The standard InChI is InChI=1S/C14H15N3O3S3/c15-23(19,20)8-9-1-3-10(4-2-9)13(18)17-14-16-11-5-6-21-7-12(11)22-14/h1-4H,5-8H2,(H2,15,19,20)(H,16,17,18). The minimum atomic E-state index is -3.57. The van der Waals surface area contributed by atoms with Crippen LogP contribution >= 0.6 is 23.1 Å². The maximum absolute atomic E-state index is 12.2. The third-order valence-corrected chi connectivity index (χ3v) is 6.22. The van der Waals surface area contributed by atoms with Gasteiger partial charge in [-0.2, -0.15) is 11.8 Å². The van der Waals surface area contributed by atoms with Crippen LogP contribution in [0, 0.1) is 0 Å². The van der Waals surface area contributed by atoms with Gasteiger partial charge in [0.1, 0.15) is 0 Å². The van der Waals surface area contributed by atoms with Crippen LogP contribution in [0.5, 0.6) is 0 Å². The minimum absolute atomic E-state index is 0.244. The number of aryl methyl sites for hydroxylation is 1. The van der Waals surface area contributed by atoms with Crippen molar-refractivity contribution < 1.29 is 13.2 Å². The molecule has 3 N–H and O–H groups in total. The zero-order chi connectivity index (χ0) is 16.4. The Morgan fingerprint density at radius 3 is 2.70 bits per heavy atom. The molecule has 0 atom stereocenters. The van der Waals surface area contributed by atoms with Crippen molar-refractivity contribution in [1.82, 2.24) is 4.98 Å². The van der Waals surface area contributed by atoms with Crippen molar-refractivity contribution in [1.29, 1.82) is 0 Å². The van der Waals surface area contributed by atoms with Crippen molar-refractivity contribution in [2.45, 2.75) is 17.9 Å². The Balaban J connectivity index is 1.69. The number of primary sulfonamides is 1. The van der Waals surface area contributed by atoms with E-state index in [1.54, 1.807) is 24.3 Å². The van der Waals surface area contributed by atoms with E-state index in [-0.39, 0.29) is 11.7 Å². The first kappa shape index (κ1) is 16.4. The molecule has 0 bridgehead atoms. The van der Waals surface area contributed by atoms with Crippen LogP contribution < -0.4 is 10.5 Å². The number of sulfonamides is 1. The fourth-order valence-corrected chi connectivity index (χ4v) is 5.01. The number of hydrogen-bond acceptors (Lipinski definition) is 6. The van der Waals surface area contributed by atoms with E-state index in [9.17, 15) is 13.2 Å². The smallest absolute Gasteiger partial charge is 0.257 e. The number of rotatable bonds is 4. The number of nitrogens with one attached hydrogen (secondary N) is 1. The van der Waals surface area contributed by atoms with Gasteiger partial charge in [-0.1, -0.05) is 12.1 Å². The van der Waals surface area contributed by atoms with Gasteiger partial charge in [0.15, 0.2) is 5.13 Å². The summed E-state index contributed by atoms with van der Waals surface area (Å²) in [5.41, 5.74) is 2.07. The number of fused-ring (bicyclic) bond motifs is 1. The van der Waals surface area contributed by atoms with Crippen LogP contribution in [0.15, 0.2) is 24.3 Å². The van der Waals surface area contributed by atoms with E-state index in [1.807, 2.05) is 11.8 Å². The SMILES string of the molecule is NS(=O)(=O)Cc1ccc(C(=O)Nc2nc3c(s2)CSCC3)cc1. The van der Waals surface area contributed by atoms with Crippen molar-refractivity contribution in [3.05, 3.63) is 46.0 Å². The summed E-state index contributed by atoms with van der Waals surface area (Å²) in [6.45, 7) is 0. The summed E-state index contributed by atoms with van der Waals surface area (Å²) >= 11 is 3.38. The molecule has 0 fully saturated rings. The van der Waals surface area contributed by atoms with Crippen molar-refractivity contribution >= 4 is 44.2 Å². The van der Waals surface area contributed by atoms with E-state index in [0.717, 1.165) is 23.6 Å². The van der Waals surface area contributed by atoms with Crippen LogP contribution in [0.3, 0.4) is 0 Å². The van der Waals surface area contributed by atoms with Gasteiger partial charge in [-0.25, -0.2) is 18.5 Å². The topological polar surface area (TPSA) is 102 Å². The van der Waals surface area contributed by atoms with Crippen LogP contribution in [0.2, 0.25) is 0 Å². The summed E-state index contributed by atoms with van der Waals surface area (Å²) in [4.78, 5) is 17.9. The van der Waals surface area contributed by atoms with E-state index in [1.165, 1.54) is 16.2 Å². The second kappa shape index (κ2) is 6.60. The summed E-state index contributed by atoms with van der Waals surface area (Å²) in [6.07, 6.45) is 0.939. The highest BCUT2D eigenvalue weighted by molar-refractivity contribution is 7.98. The molecule has 122 valence electrons. The third kappa shape index (κ3) is 4.31. The Morgan fingerprint density at radius 1 is 1.30 bits per heavy atom. The molecule has 2 heterocycles. The molecule has 0 saturated heterocycles. The molecule has 0 unspecified atom stereocenters. The average molecular weight is 369 g/mol. The molecule has 23 heavy (non-hydrogen) atoms. The Bertz CT molecular complexity index is 805. The highest BCUT2D eigenvalue weighted by Gasteiger charge is 2.17. The Kier molecular flexibility index (Phi) is 4.72. The lowest BCUT2D eigenvalue weighted by Gasteiger charge is -2.06. The van der Waals surface area contributed by atoms with E-state index in [4.69, 9.17) is 5.14 Å². The number of nitrogens with zero attached hydrogens (tertiary/aromatic N) is 1. The number of amides is 1. The van der Waals surface area contributed by atoms with Gasteiger partial charge in [-0.05, 0) is 29.9 Å². The number of aromatic nitrogens is 1. The molecule has 1 aromatic carbocycles. The number of hydrogen-bond donors (Lipinski definition) is 2. The number of anilines is 1. The lowest BCUT2D eigenvalue weighted by molar-refractivity contribution is 0.102. The highest BCUT2D eigenvalue weighted by atomic mass is 32.2. The van der Waals surface area contributed by atoms with Gasteiger partial charge in [-0.3, -0.25) is 10.1 Å². The predicted octanol–water partition coefficient (Wildman–Crippen LogP) is 1.97. The number of thiazole rings is 1. The van der Waals surface area contributed by atoms with Gasteiger partial charge in [0.05, 0.1) is 11.4 Å². The summed E-state index contributed by atoms with van der Waals surface area (Å²) in [5, 5.41) is 8.41. The van der Waals surface area contributed by atoms with E-state index in [0.29, 0.717) is 16.3 Å². The van der Waals surface area contributed by atoms with Gasteiger partial charge >= 0.3 is 0 Å². The van der Waals surface area contributed by atoms with E-state index in [2.05, 4.69) is 10.3 Å². The van der Waals surface area contributed by atoms with E-state index >= 15 is 0 Å². The Morgan fingerprint density at radius 2 is 2.04 bits per heavy atom. The largest absolute Gasteiger partial charge is 0.298 e.